The molecule has 0 saturated heterocycles. The number of carboxylic acid groups (broad SMARTS) is 1. The number of carboxylic acids is 1. The van der Waals surface area contributed by atoms with Crippen LogP contribution in [0.4, 0.5) is 0 Å². The minimum absolute atomic E-state index is 0.0469. The molecule has 0 aliphatic rings. The smallest absolute Gasteiger partial charge is 0.326 e. The first-order valence-corrected chi connectivity index (χ1v) is 6.02. The molecule has 0 fully saturated rings. The maximum absolute atomic E-state index is 11.4. The number of nitrogens with one attached hydrogen (secondary N) is 1. The van der Waals surface area contributed by atoms with E-state index >= 15 is 0 Å². The summed E-state index contributed by atoms with van der Waals surface area (Å²) in [7, 11) is 0. The van der Waals surface area contributed by atoms with E-state index in [0.717, 1.165) is 6.92 Å². The van der Waals surface area contributed by atoms with Crippen LogP contribution in [-0.2, 0) is 25.5 Å². The van der Waals surface area contributed by atoms with E-state index in [9.17, 15) is 14.4 Å². The number of nitrogens with zero attached hydrogens (tertiary/aromatic N) is 1. The van der Waals surface area contributed by atoms with E-state index in [2.05, 4.69) is 15.0 Å². The van der Waals surface area contributed by atoms with Gasteiger partial charge in [0.2, 0.25) is 0 Å². The van der Waals surface area contributed by atoms with E-state index in [4.69, 9.17) is 16.7 Å². The lowest BCUT2D eigenvalue weighted by molar-refractivity contribution is -0.148. The van der Waals surface area contributed by atoms with Crippen LogP contribution in [0.15, 0.2) is 18.3 Å². The normalized spacial score (nSPS) is 11.5. The average Bonchev–Trinajstić information content (AvgIpc) is 2.38. The summed E-state index contributed by atoms with van der Waals surface area (Å²) in [5.74, 6) is -2.50. The van der Waals surface area contributed by atoms with Gasteiger partial charge < -0.3 is 15.2 Å². The standard InChI is InChI=1S/C12H13ClN2O5/c1-7(16)20-6-11(17)15-9(12(18)19)4-8-2-3-10(13)14-5-8/h2-3,5,9H,4,6H2,1H3,(H,15,17)(H,18,19)/t9-/m0/s1. The summed E-state index contributed by atoms with van der Waals surface area (Å²) < 4.78 is 4.48. The van der Waals surface area contributed by atoms with Gasteiger partial charge in [0.1, 0.15) is 11.2 Å². The van der Waals surface area contributed by atoms with Gasteiger partial charge in [-0.15, -0.1) is 0 Å². The fourth-order valence-electron chi connectivity index (χ4n) is 1.37. The Labute approximate surface area is 119 Å². The Morgan fingerprint density at radius 1 is 1.45 bits per heavy atom. The number of rotatable bonds is 6. The van der Waals surface area contributed by atoms with Crippen LogP contribution in [0.3, 0.4) is 0 Å². The van der Waals surface area contributed by atoms with Gasteiger partial charge in [0.25, 0.3) is 5.91 Å². The summed E-state index contributed by atoms with van der Waals surface area (Å²) in [5.41, 5.74) is 0.606. The summed E-state index contributed by atoms with van der Waals surface area (Å²) in [6.45, 7) is 0.638. The van der Waals surface area contributed by atoms with Crippen LogP contribution in [0.2, 0.25) is 5.15 Å². The minimum Gasteiger partial charge on any atom is -0.480 e. The van der Waals surface area contributed by atoms with Gasteiger partial charge >= 0.3 is 11.9 Å². The molecule has 1 amide bonds. The van der Waals surface area contributed by atoms with Crippen LogP contribution < -0.4 is 5.32 Å². The van der Waals surface area contributed by atoms with Gasteiger partial charge in [-0.2, -0.15) is 0 Å². The number of amides is 1. The van der Waals surface area contributed by atoms with E-state index < -0.39 is 30.5 Å². The molecule has 8 heteroatoms. The van der Waals surface area contributed by atoms with Gasteiger partial charge in [-0.25, -0.2) is 9.78 Å². The van der Waals surface area contributed by atoms with Gasteiger partial charge in [0, 0.05) is 19.5 Å². The van der Waals surface area contributed by atoms with E-state index in [1.165, 1.54) is 12.3 Å². The lowest BCUT2D eigenvalue weighted by Gasteiger charge is -2.14. The largest absolute Gasteiger partial charge is 0.480 e. The molecular formula is C12H13ClN2O5. The highest BCUT2D eigenvalue weighted by Crippen LogP contribution is 2.07. The number of carbonyl (C=O) groups is 3. The van der Waals surface area contributed by atoms with E-state index in [0.29, 0.717) is 10.7 Å². The van der Waals surface area contributed by atoms with Crippen LogP contribution in [0.5, 0.6) is 0 Å². The molecule has 0 bridgehead atoms. The maximum Gasteiger partial charge on any atom is 0.326 e. The molecule has 108 valence electrons. The Morgan fingerprint density at radius 2 is 2.15 bits per heavy atom. The number of aliphatic carboxylic acids is 1. The van der Waals surface area contributed by atoms with Crippen LogP contribution in [0.1, 0.15) is 12.5 Å². The van der Waals surface area contributed by atoms with Gasteiger partial charge in [0.15, 0.2) is 6.61 Å². The number of aromatic nitrogens is 1. The summed E-state index contributed by atoms with van der Waals surface area (Å²) in [6, 6.07) is 2.00. The Kier molecular flexibility index (Phi) is 5.92. The third-order valence-electron chi connectivity index (χ3n) is 2.27. The van der Waals surface area contributed by atoms with Crippen LogP contribution >= 0.6 is 11.6 Å². The van der Waals surface area contributed by atoms with Crippen molar-refractivity contribution >= 4 is 29.4 Å². The van der Waals surface area contributed by atoms with Gasteiger partial charge in [-0.3, -0.25) is 9.59 Å². The number of esters is 1. The van der Waals surface area contributed by atoms with E-state index in [-0.39, 0.29) is 6.42 Å². The zero-order chi connectivity index (χ0) is 15.1. The molecule has 0 radical (unpaired) electrons. The molecule has 1 rings (SSSR count). The first kappa shape index (κ1) is 15.9. The maximum atomic E-state index is 11.4. The Bertz CT molecular complexity index is 503. The second-order valence-electron chi connectivity index (χ2n) is 3.93. The highest BCUT2D eigenvalue weighted by atomic mass is 35.5. The van der Waals surface area contributed by atoms with Crippen molar-refractivity contribution in [3.05, 3.63) is 29.0 Å². The highest BCUT2D eigenvalue weighted by molar-refractivity contribution is 6.29. The first-order chi connectivity index (χ1) is 9.38. The summed E-state index contributed by atoms with van der Waals surface area (Å²) in [4.78, 5) is 36.9. The number of hydrogen-bond donors (Lipinski definition) is 2. The van der Waals surface area contributed by atoms with Gasteiger partial charge in [-0.05, 0) is 11.6 Å². The van der Waals surface area contributed by atoms with Crippen molar-refractivity contribution in [1.82, 2.24) is 10.3 Å². The molecule has 0 saturated carbocycles. The Morgan fingerprint density at radius 3 is 2.65 bits per heavy atom. The topological polar surface area (TPSA) is 106 Å². The lowest BCUT2D eigenvalue weighted by atomic mass is 10.1. The third kappa shape index (κ3) is 5.66. The molecule has 0 aromatic carbocycles. The molecule has 1 heterocycles. The molecule has 1 aromatic rings. The van der Waals surface area contributed by atoms with Crippen molar-refractivity contribution in [3.8, 4) is 0 Å². The molecule has 0 unspecified atom stereocenters. The number of ether oxygens (including phenoxy) is 1. The summed E-state index contributed by atoms with van der Waals surface area (Å²) >= 11 is 5.62. The molecule has 20 heavy (non-hydrogen) atoms. The van der Waals surface area contributed by atoms with Crippen molar-refractivity contribution in [2.45, 2.75) is 19.4 Å². The van der Waals surface area contributed by atoms with Gasteiger partial charge in [0.05, 0.1) is 0 Å². The van der Waals surface area contributed by atoms with Crippen molar-refractivity contribution in [2.24, 2.45) is 0 Å². The lowest BCUT2D eigenvalue weighted by Crippen LogP contribution is -2.44. The summed E-state index contributed by atoms with van der Waals surface area (Å²) in [5, 5.41) is 11.6. The van der Waals surface area contributed by atoms with Crippen LogP contribution in [-0.4, -0.2) is 40.6 Å². The van der Waals surface area contributed by atoms with E-state index in [1.807, 2.05) is 0 Å². The Hall–Kier alpha value is -2.15. The second kappa shape index (κ2) is 7.44. The molecule has 1 atom stereocenters. The predicted octanol–water partition coefficient (Wildman–Crippen LogP) is 0.410. The molecule has 7 nitrogen and oxygen atoms in total. The first-order valence-electron chi connectivity index (χ1n) is 5.64. The van der Waals surface area contributed by atoms with Crippen LogP contribution in [0.25, 0.3) is 0 Å². The fourth-order valence-corrected chi connectivity index (χ4v) is 1.48. The van der Waals surface area contributed by atoms with Crippen molar-refractivity contribution < 1.29 is 24.2 Å². The zero-order valence-corrected chi connectivity index (χ0v) is 11.4. The molecule has 0 aliphatic carbocycles. The molecule has 0 aliphatic heterocycles. The predicted molar refractivity (Wildman–Crippen MR) is 69.2 cm³/mol. The fraction of sp³-hybridized carbons (Fsp3) is 0.333. The third-order valence-corrected chi connectivity index (χ3v) is 2.49. The van der Waals surface area contributed by atoms with E-state index in [1.54, 1.807) is 6.07 Å². The Balaban J connectivity index is 2.60. The molecule has 0 spiro atoms. The van der Waals surface area contributed by atoms with Crippen molar-refractivity contribution in [2.75, 3.05) is 6.61 Å². The van der Waals surface area contributed by atoms with Gasteiger partial charge in [-0.1, -0.05) is 17.7 Å². The quantitative estimate of drug-likeness (QED) is 0.582. The average molecular weight is 301 g/mol. The number of hydrogen-bond acceptors (Lipinski definition) is 5. The SMILES string of the molecule is CC(=O)OCC(=O)N[C@@H](Cc1ccc(Cl)nc1)C(=O)O. The van der Waals surface area contributed by atoms with Crippen LogP contribution in [0, 0.1) is 0 Å². The monoisotopic (exact) mass is 300 g/mol. The zero-order valence-electron chi connectivity index (χ0n) is 10.6. The minimum atomic E-state index is -1.20. The second-order valence-corrected chi connectivity index (χ2v) is 4.32. The number of halogens is 1. The number of carbonyl (C=O) groups excluding carboxylic acids is 2. The summed E-state index contributed by atoms with van der Waals surface area (Å²) in [6.07, 6.45) is 1.47. The molecule has 2 N–H and O–H groups in total. The van der Waals surface area contributed by atoms with Crippen molar-refractivity contribution in [3.63, 3.8) is 0 Å². The molecule has 1 aromatic heterocycles. The number of pyridine rings is 1. The van der Waals surface area contributed by atoms with Crippen molar-refractivity contribution in [1.29, 1.82) is 0 Å². The highest BCUT2D eigenvalue weighted by Gasteiger charge is 2.20. The molecular weight excluding hydrogens is 288 g/mol.